The zero-order valence-electron chi connectivity index (χ0n) is 12.7. The molecule has 0 aliphatic heterocycles. The van der Waals surface area contributed by atoms with E-state index in [2.05, 4.69) is 36.1 Å². The molecule has 0 amide bonds. The highest BCUT2D eigenvalue weighted by molar-refractivity contribution is 9.10. The van der Waals surface area contributed by atoms with E-state index >= 15 is 0 Å². The third-order valence-electron chi connectivity index (χ3n) is 3.19. The van der Waals surface area contributed by atoms with Crippen LogP contribution in [0.5, 0.6) is 5.75 Å². The molecule has 0 aliphatic rings. The Kier molecular flexibility index (Phi) is 4.93. The second-order valence-electron chi connectivity index (χ2n) is 5.00. The molecule has 0 fully saturated rings. The molecule has 0 spiro atoms. The lowest BCUT2D eigenvalue weighted by molar-refractivity contribution is -0.274. The van der Waals surface area contributed by atoms with Gasteiger partial charge in [0, 0.05) is 6.54 Å². The number of hydrogen-bond acceptors (Lipinski definition) is 4. The molecule has 0 saturated heterocycles. The van der Waals surface area contributed by atoms with Gasteiger partial charge in [0.15, 0.2) is 0 Å². The van der Waals surface area contributed by atoms with Gasteiger partial charge in [-0.25, -0.2) is 0 Å². The van der Waals surface area contributed by atoms with Crippen LogP contribution in [0.3, 0.4) is 0 Å². The van der Waals surface area contributed by atoms with Gasteiger partial charge in [-0.2, -0.15) is 9.67 Å². The Hall–Kier alpha value is -2.55. The van der Waals surface area contributed by atoms with E-state index in [1.54, 1.807) is 0 Å². The summed E-state index contributed by atoms with van der Waals surface area (Å²) in [5, 5.41) is 7.34. The number of nitrogens with zero attached hydrogens (tertiary/aromatic N) is 3. The molecule has 2 aromatic carbocycles. The molecule has 9 heteroatoms. The standard InChI is InChI=1S/C16H12BrF3N4O/c17-14-22-15(21-10-11-4-2-1-3-5-11)24(23-14)12-6-8-13(9-7-12)25-16(18,19)20/h1-9H,10H2,(H,21,22,23). The van der Waals surface area contributed by atoms with Crippen molar-refractivity contribution in [2.75, 3.05) is 5.32 Å². The van der Waals surface area contributed by atoms with Gasteiger partial charge in [-0.15, -0.1) is 18.3 Å². The number of anilines is 1. The lowest BCUT2D eigenvalue weighted by atomic mass is 10.2. The molecule has 0 atom stereocenters. The molecule has 3 rings (SSSR count). The first kappa shape index (κ1) is 17.3. The van der Waals surface area contributed by atoms with Crippen molar-refractivity contribution >= 4 is 21.9 Å². The fraction of sp³-hybridized carbons (Fsp3) is 0.125. The van der Waals surface area contributed by atoms with Crippen molar-refractivity contribution in [3.63, 3.8) is 0 Å². The normalized spacial score (nSPS) is 11.4. The summed E-state index contributed by atoms with van der Waals surface area (Å²) in [6, 6.07) is 15.1. The monoisotopic (exact) mass is 412 g/mol. The van der Waals surface area contributed by atoms with Crippen LogP contribution < -0.4 is 10.1 Å². The van der Waals surface area contributed by atoms with Crippen molar-refractivity contribution in [3.05, 3.63) is 64.9 Å². The minimum absolute atomic E-state index is 0.297. The van der Waals surface area contributed by atoms with Crippen LogP contribution in [0, 0.1) is 0 Å². The van der Waals surface area contributed by atoms with E-state index in [4.69, 9.17) is 0 Å². The number of nitrogens with one attached hydrogen (secondary N) is 1. The van der Waals surface area contributed by atoms with E-state index in [-0.39, 0.29) is 5.75 Å². The van der Waals surface area contributed by atoms with Gasteiger partial charge in [0.1, 0.15) is 5.75 Å². The molecule has 0 aliphatic carbocycles. The number of benzene rings is 2. The number of rotatable bonds is 5. The third-order valence-corrected chi connectivity index (χ3v) is 3.53. The number of aromatic nitrogens is 3. The van der Waals surface area contributed by atoms with Crippen LogP contribution in [0.1, 0.15) is 5.56 Å². The predicted octanol–water partition coefficient (Wildman–Crippen LogP) is 4.54. The van der Waals surface area contributed by atoms with Gasteiger partial charge < -0.3 is 10.1 Å². The summed E-state index contributed by atoms with van der Waals surface area (Å²) in [5.41, 5.74) is 1.60. The third kappa shape index (κ3) is 4.72. The smallest absolute Gasteiger partial charge is 0.406 e. The average Bonchev–Trinajstić information content (AvgIpc) is 2.94. The summed E-state index contributed by atoms with van der Waals surface area (Å²) in [6.07, 6.45) is -4.72. The maximum atomic E-state index is 12.2. The maximum Gasteiger partial charge on any atom is 0.573 e. The van der Waals surface area contributed by atoms with Gasteiger partial charge in [0.05, 0.1) is 5.69 Å². The molecule has 5 nitrogen and oxygen atoms in total. The summed E-state index contributed by atoms with van der Waals surface area (Å²) in [5.74, 6) is 0.162. The Balaban J connectivity index is 1.78. The first-order valence-electron chi connectivity index (χ1n) is 7.17. The van der Waals surface area contributed by atoms with Crippen LogP contribution in [0.2, 0.25) is 0 Å². The fourth-order valence-corrected chi connectivity index (χ4v) is 2.47. The molecular weight excluding hydrogens is 401 g/mol. The van der Waals surface area contributed by atoms with Crippen molar-refractivity contribution in [1.29, 1.82) is 0 Å². The zero-order chi connectivity index (χ0) is 17.9. The fourth-order valence-electron chi connectivity index (χ4n) is 2.15. The highest BCUT2D eigenvalue weighted by Crippen LogP contribution is 2.25. The van der Waals surface area contributed by atoms with E-state index in [0.29, 0.717) is 22.9 Å². The van der Waals surface area contributed by atoms with E-state index < -0.39 is 6.36 Å². The molecule has 1 heterocycles. The number of ether oxygens (including phenoxy) is 1. The molecule has 25 heavy (non-hydrogen) atoms. The topological polar surface area (TPSA) is 52.0 Å². The van der Waals surface area contributed by atoms with Crippen LogP contribution in [0.15, 0.2) is 59.3 Å². The molecule has 1 aromatic heterocycles. The van der Waals surface area contributed by atoms with Crippen molar-refractivity contribution in [1.82, 2.24) is 14.8 Å². The summed E-state index contributed by atoms with van der Waals surface area (Å²) in [4.78, 5) is 4.23. The summed E-state index contributed by atoms with van der Waals surface area (Å²) >= 11 is 3.20. The molecule has 130 valence electrons. The predicted molar refractivity (Wildman–Crippen MR) is 89.5 cm³/mol. The van der Waals surface area contributed by atoms with Gasteiger partial charge in [-0.3, -0.25) is 0 Å². The lowest BCUT2D eigenvalue weighted by Crippen LogP contribution is -2.17. The minimum Gasteiger partial charge on any atom is -0.406 e. The highest BCUT2D eigenvalue weighted by atomic mass is 79.9. The average molecular weight is 413 g/mol. The van der Waals surface area contributed by atoms with Crippen molar-refractivity contribution in [2.24, 2.45) is 0 Å². The Morgan fingerprint density at radius 3 is 2.36 bits per heavy atom. The van der Waals surface area contributed by atoms with E-state index in [9.17, 15) is 13.2 Å². The second-order valence-corrected chi connectivity index (χ2v) is 5.71. The van der Waals surface area contributed by atoms with Gasteiger partial charge in [0.25, 0.3) is 0 Å². The number of halogens is 4. The highest BCUT2D eigenvalue weighted by Gasteiger charge is 2.31. The molecule has 0 saturated carbocycles. The van der Waals surface area contributed by atoms with Gasteiger partial charge >= 0.3 is 6.36 Å². The first-order chi connectivity index (χ1) is 11.9. The first-order valence-corrected chi connectivity index (χ1v) is 7.96. The van der Waals surface area contributed by atoms with Gasteiger partial charge in [-0.05, 0) is 45.8 Å². The minimum atomic E-state index is -4.72. The molecule has 0 unspecified atom stereocenters. The van der Waals surface area contributed by atoms with Crippen molar-refractivity contribution < 1.29 is 17.9 Å². The second kappa shape index (κ2) is 7.14. The van der Waals surface area contributed by atoms with E-state index in [0.717, 1.165) is 5.56 Å². The molecule has 0 radical (unpaired) electrons. The maximum absolute atomic E-state index is 12.2. The Bertz CT molecular complexity index is 835. The summed E-state index contributed by atoms with van der Waals surface area (Å²) < 4.78 is 42.4. The molecular formula is C16H12BrF3N4O. The quantitative estimate of drug-likeness (QED) is 0.668. The van der Waals surface area contributed by atoms with Crippen LogP contribution in [0.25, 0.3) is 5.69 Å². The molecule has 0 bridgehead atoms. The largest absolute Gasteiger partial charge is 0.573 e. The van der Waals surface area contributed by atoms with Crippen molar-refractivity contribution in [3.8, 4) is 11.4 Å². The Labute approximate surface area is 149 Å². The van der Waals surface area contributed by atoms with Crippen molar-refractivity contribution in [2.45, 2.75) is 12.9 Å². The van der Waals surface area contributed by atoms with Crippen LogP contribution in [-0.4, -0.2) is 21.1 Å². The van der Waals surface area contributed by atoms with Gasteiger partial charge in [0.2, 0.25) is 10.7 Å². The summed E-state index contributed by atoms with van der Waals surface area (Å²) in [7, 11) is 0. The van der Waals surface area contributed by atoms with Gasteiger partial charge in [-0.1, -0.05) is 30.3 Å². The summed E-state index contributed by atoms with van der Waals surface area (Å²) in [6.45, 7) is 0.529. The SMILES string of the molecule is FC(F)(F)Oc1ccc(-n2nc(Br)nc2NCc2ccccc2)cc1. The van der Waals surface area contributed by atoms with Crippen LogP contribution in [-0.2, 0) is 6.54 Å². The van der Waals surface area contributed by atoms with Crippen LogP contribution >= 0.6 is 15.9 Å². The van der Waals surface area contributed by atoms with E-state index in [1.165, 1.54) is 28.9 Å². The Morgan fingerprint density at radius 2 is 1.72 bits per heavy atom. The van der Waals surface area contributed by atoms with Crippen LogP contribution in [0.4, 0.5) is 19.1 Å². The van der Waals surface area contributed by atoms with E-state index in [1.807, 2.05) is 30.3 Å². The number of alkyl halides is 3. The molecule has 1 N–H and O–H groups in total. The Morgan fingerprint density at radius 1 is 1.04 bits per heavy atom. The number of hydrogen-bond donors (Lipinski definition) is 1. The zero-order valence-corrected chi connectivity index (χ0v) is 14.3. The lowest BCUT2D eigenvalue weighted by Gasteiger charge is -2.11. The molecule has 3 aromatic rings.